The fourth-order valence-corrected chi connectivity index (χ4v) is 27.7. The third-order valence-electron chi connectivity index (χ3n) is 11.5. The molecular formula is C46H55Cl2Zr. The van der Waals surface area contributed by atoms with Crippen LogP contribution in [0.4, 0.5) is 0 Å². The zero-order chi connectivity index (χ0) is 35.3. The minimum atomic E-state index is -4.94. The fourth-order valence-electron chi connectivity index (χ4n) is 9.36. The van der Waals surface area contributed by atoms with E-state index in [0.717, 1.165) is 42.7 Å². The molecule has 2 unspecified atom stereocenters. The maximum atomic E-state index is 8.73. The van der Waals surface area contributed by atoms with Crippen molar-refractivity contribution in [2.24, 2.45) is 0 Å². The molecule has 0 bridgehead atoms. The number of allylic oxidation sites excluding steroid dienone is 2. The van der Waals surface area contributed by atoms with Gasteiger partial charge in [-0.25, -0.2) is 0 Å². The monoisotopic (exact) mass is 767 g/mol. The fraction of sp³-hybridized carbons (Fsp3) is 0.391. The van der Waals surface area contributed by atoms with Gasteiger partial charge in [-0.05, 0) is 0 Å². The second-order valence-corrected chi connectivity index (χ2v) is 38.4. The van der Waals surface area contributed by atoms with Gasteiger partial charge in [-0.1, -0.05) is 0 Å². The number of halogens is 2. The number of aryl methyl sites for hydroxylation is 6. The summed E-state index contributed by atoms with van der Waals surface area (Å²) in [6, 6.07) is 23.3. The Balaban J connectivity index is 1.63. The zero-order valence-corrected chi connectivity index (χ0v) is 35.3. The predicted molar refractivity (Wildman–Crippen MR) is 215 cm³/mol. The normalized spacial score (nSPS) is 17.7. The molecule has 49 heavy (non-hydrogen) atoms. The molecule has 6 rings (SSSR count). The van der Waals surface area contributed by atoms with Gasteiger partial charge in [0.25, 0.3) is 0 Å². The van der Waals surface area contributed by atoms with Crippen LogP contribution >= 0.6 is 17.0 Å². The van der Waals surface area contributed by atoms with Crippen molar-refractivity contribution < 1.29 is 16.4 Å². The van der Waals surface area contributed by atoms with Crippen molar-refractivity contribution in [1.29, 1.82) is 0 Å². The van der Waals surface area contributed by atoms with Crippen molar-refractivity contribution in [3.05, 3.63) is 127 Å². The summed E-state index contributed by atoms with van der Waals surface area (Å²) in [7, 11) is 17.5. The maximum absolute atomic E-state index is 8.73. The van der Waals surface area contributed by atoms with Crippen molar-refractivity contribution in [2.45, 2.75) is 112 Å². The third-order valence-corrected chi connectivity index (χ3v) is 32.2. The molecule has 0 N–H and O–H groups in total. The van der Waals surface area contributed by atoms with Gasteiger partial charge < -0.3 is 0 Å². The molecule has 0 amide bonds. The van der Waals surface area contributed by atoms with E-state index in [1.54, 1.807) is 0 Å². The van der Waals surface area contributed by atoms with Crippen LogP contribution in [-0.2, 0) is 16.4 Å². The molecule has 4 aromatic carbocycles. The molecule has 2 aliphatic carbocycles. The Morgan fingerprint density at radius 1 is 0.531 bits per heavy atom. The first kappa shape index (κ1) is 36.6. The van der Waals surface area contributed by atoms with Gasteiger partial charge in [-0.15, -0.1) is 0 Å². The second kappa shape index (κ2) is 14.1. The Morgan fingerprint density at radius 2 is 0.898 bits per heavy atom. The standard InChI is InChI=1S/2C22H25.C2H5.2ClH.Zr/c2*1-5-6-7-18-13-21-17(4)8-9-20(22(21)14-18)19-11-15(2)10-16(3)12-19;1-2;;;/h2*8-14H,5-7H2,1-4H3;1H2,2H3;2*1H;/q;;;;;+2/p-2. The Kier molecular flexibility index (Phi) is 10.5. The molecule has 257 valence electrons. The number of rotatable bonds is 11. The molecular weight excluding hydrogens is 715 g/mol. The summed E-state index contributed by atoms with van der Waals surface area (Å²) in [5.74, 6) is 0. The van der Waals surface area contributed by atoms with E-state index in [-0.39, 0.29) is 7.25 Å². The Labute approximate surface area is 305 Å². The molecule has 0 nitrogen and oxygen atoms in total. The summed E-state index contributed by atoms with van der Waals surface area (Å²) in [5, 5.41) is 0. The summed E-state index contributed by atoms with van der Waals surface area (Å²) in [6.45, 7) is 20.3. The van der Waals surface area contributed by atoms with Crippen molar-refractivity contribution in [3.63, 3.8) is 0 Å². The summed E-state index contributed by atoms with van der Waals surface area (Å²) in [6.07, 6.45) is 11.7. The number of hydrogen-bond donors (Lipinski definition) is 0. The average molecular weight is 770 g/mol. The molecule has 0 aliphatic heterocycles. The van der Waals surface area contributed by atoms with Crippen LogP contribution in [0.25, 0.3) is 34.4 Å². The number of unbranched alkanes of at least 4 members (excludes halogenated alkanes) is 2. The van der Waals surface area contributed by atoms with Gasteiger partial charge in [0.1, 0.15) is 0 Å². The topological polar surface area (TPSA) is 0 Å². The van der Waals surface area contributed by atoms with E-state index in [2.05, 4.69) is 135 Å². The van der Waals surface area contributed by atoms with Gasteiger partial charge in [0, 0.05) is 0 Å². The molecule has 4 aromatic rings. The van der Waals surface area contributed by atoms with Gasteiger partial charge in [0.15, 0.2) is 0 Å². The third kappa shape index (κ3) is 6.56. The number of benzene rings is 4. The van der Waals surface area contributed by atoms with Crippen molar-refractivity contribution in [2.75, 3.05) is 0 Å². The van der Waals surface area contributed by atoms with Gasteiger partial charge in [-0.3, -0.25) is 0 Å². The van der Waals surface area contributed by atoms with Crippen molar-refractivity contribution >= 4 is 29.2 Å². The molecule has 0 radical (unpaired) electrons. The number of hydrogen-bond acceptors (Lipinski definition) is 0. The van der Waals surface area contributed by atoms with Crippen LogP contribution < -0.4 is 0 Å². The van der Waals surface area contributed by atoms with E-state index in [1.807, 2.05) is 0 Å². The van der Waals surface area contributed by atoms with E-state index >= 15 is 0 Å². The van der Waals surface area contributed by atoms with Crippen molar-refractivity contribution in [3.8, 4) is 22.3 Å². The second-order valence-electron chi connectivity index (χ2n) is 15.5. The minimum absolute atomic E-state index is 0.0763. The van der Waals surface area contributed by atoms with Crippen LogP contribution in [0.3, 0.4) is 0 Å². The van der Waals surface area contributed by atoms with Gasteiger partial charge in [-0.2, -0.15) is 0 Å². The summed E-state index contributed by atoms with van der Waals surface area (Å²) >= 11 is -4.94. The van der Waals surface area contributed by atoms with E-state index in [9.17, 15) is 0 Å². The van der Waals surface area contributed by atoms with E-state index in [0.29, 0.717) is 0 Å². The van der Waals surface area contributed by atoms with Crippen LogP contribution in [0.15, 0.2) is 71.8 Å². The van der Waals surface area contributed by atoms with Crippen LogP contribution in [0.5, 0.6) is 0 Å². The predicted octanol–water partition coefficient (Wildman–Crippen LogP) is 15.3. The van der Waals surface area contributed by atoms with E-state index in [4.69, 9.17) is 17.0 Å². The molecule has 0 saturated heterocycles. The molecule has 0 heterocycles. The summed E-state index contributed by atoms with van der Waals surface area (Å²) in [5.41, 5.74) is 21.5. The summed E-state index contributed by atoms with van der Waals surface area (Å²) in [4.78, 5) is 0. The average Bonchev–Trinajstić information content (AvgIpc) is 3.64. The molecule has 2 atom stereocenters. The van der Waals surface area contributed by atoms with E-state index in [1.165, 1.54) is 89.0 Å². The van der Waals surface area contributed by atoms with E-state index < -0.39 is 16.4 Å². The Bertz CT molecular complexity index is 1810. The number of fused-ring (bicyclic) bond motifs is 2. The Hall–Kier alpha value is -2.18. The van der Waals surface area contributed by atoms with Gasteiger partial charge in [0.05, 0.1) is 0 Å². The molecule has 0 fully saturated rings. The van der Waals surface area contributed by atoms with Crippen LogP contribution in [0.2, 0.25) is 4.13 Å². The van der Waals surface area contributed by atoms with Gasteiger partial charge in [0.2, 0.25) is 0 Å². The molecule has 2 aliphatic rings. The quantitative estimate of drug-likeness (QED) is 0.143. The molecule has 3 heteroatoms. The van der Waals surface area contributed by atoms with Crippen LogP contribution in [-0.4, -0.2) is 0 Å². The van der Waals surface area contributed by atoms with Gasteiger partial charge >= 0.3 is 307 Å². The first-order chi connectivity index (χ1) is 23.3. The SMILES string of the molecule is CCCCC1=Cc2c(-c3cc(C)cc(C)c3)ccc(C)c2[CH]1[Zr]([Cl])([Cl])([CH2]C)[CH]1C(CCCC)=Cc2c(-c3cc(C)cc(C)c3)ccc(C)c21. The summed E-state index contributed by atoms with van der Waals surface area (Å²) < 4.78 is 0.992. The van der Waals surface area contributed by atoms with Crippen LogP contribution in [0, 0.1) is 41.5 Å². The van der Waals surface area contributed by atoms with Crippen molar-refractivity contribution in [1.82, 2.24) is 0 Å². The molecule has 0 aromatic heterocycles. The van der Waals surface area contributed by atoms with Crippen LogP contribution in [0.1, 0.15) is 122 Å². The molecule has 0 saturated carbocycles. The first-order valence-corrected chi connectivity index (χ1v) is 29.6. The first-order valence-electron chi connectivity index (χ1n) is 18.7. The zero-order valence-electron chi connectivity index (χ0n) is 31.3. The molecule has 0 spiro atoms. The Morgan fingerprint density at radius 3 is 1.22 bits per heavy atom.